The monoisotopic (exact) mass is 1110 g/mol. The summed E-state index contributed by atoms with van der Waals surface area (Å²) in [5, 5.41) is 13.9. The van der Waals surface area contributed by atoms with Gasteiger partial charge in [-0.15, -0.1) is 0 Å². The number of likely N-dealkylation sites (N-methyl/N-ethyl adjacent to an activating group) is 1. The first-order valence-electron chi connectivity index (χ1n) is 34.2. The molecule has 0 bridgehead atoms. The summed E-state index contributed by atoms with van der Waals surface area (Å²) in [6.45, 7) is 4.68. The van der Waals surface area contributed by atoms with E-state index in [-0.39, 0.29) is 19.1 Å². The van der Waals surface area contributed by atoms with Crippen LogP contribution in [0.25, 0.3) is 0 Å². The molecular formula is C68H135N2O6P. The Hall–Kier alpha value is -1.02. The van der Waals surface area contributed by atoms with E-state index >= 15 is 0 Å². The van der Waals surface area contributed by atoms with E-state index in [1.165, 1.54) is 295 Å². The van der Waals surface area contributed by atoms with Gasteiger partial charge in [0.2, 0.25) is 5.91 Å². The molecule has 0 fully saturated rings. The summed E-state index contributed by atoms with van der Waals surface area (Å²) in [6.07, 6.45) is 77.5. The summed E-state index contributed by atoms with van der Waals surface area (Å²) in [6, 6.07) is -0.901. The maximum atomic E-state index is 13.0. The van der Waals surface area contributed by atoms with E-state index in [2.05, 4.69) is 31.3 Å². The van der Waals surface area contributed by atoms with Crippen molar-refractivity contribution in [3.63, 3.8) is 0 Å². The minimum atomic E-state index is -4.60. The lowest BCUT2D eigenvalue weighted by Crippen LogP contribution is -2.45. The molecule has 3 unspecified atom stereocenters. The molecule has 3 atom stereocenters. The van der Waals surface area contributed by atoms with Crippen LogP contribution < -0.4 is 10.2 Å². The van der Waals surface area contributed by atoms with Crippen molar-refractivity contribution in [2.75, 3.05) is 40.9 Å². The molecule has 0 aromatic heterocycles. The number of quaternary nitrogens is 1. The van der Waals surface area contributed by atoms with Crippen molar-refractivity contribution in [2.24, 2.45) is 0 Å². The number of carbonyl (C=O) groups excluding carboxylic acids is 1. The van der Waals surface area contributed by atoms with Crippen LogP contribution in [0, 0.1) is 0 Å². The number of aliphatic hydroxyl groups excluding tert-OH is 1. The molecule has 2 N–H and O–H groups in total. The molecule has 0 radical (unpaired) electrons. The van der Waals surface area contributed by atoms with Crippen molar-refractivity contribution < 1.29 is 32.9 Å². The summed E-state index contributed by atoms with van der Waals surface area (Å²) in [5.74, 6) is -0.199. The first-order chi connectivity index (χ1) is 37.5. The van der Waals surface area contributed by atoms with Gasteiger partial charge >= 0.3 is 0 Å². The number of allylic oxidation sites excluding steroid dienone is 3. The molecule has 1 amide bonds. The number of phosphoric ester groups is 1. The Labute approximate surface area is 481 Å². The molecule has 0 spiro atoms. The summed E-state index contributed by atoms with van der Waals surface area (Å²) in [7, 11) is 1.26. The molecule has 77 heavy (non-hydrogen) atoms. The SMILES string of the molecule is CCCCCCCCCCCCCC/C=C/CC/C=C/C(O)C(COP(=O)([O-])OCC[N+](C)(C)C)NC(=O)CCCCCCCCCCCCCCCCCCCCCCCCCCCCCCCCCCCCCCC. The third-order valence-electron chi connectivity index (χ3n) is 15.9. The van der Waals surface area contributed by atoms with Crippen LogP contribution in [0.3, 0.4) is 0 Å². The fourth-order valence-corrected chi connectivity index (χ4v) is 11.3. The minimum Gasteiger partial charge on any atom is -0.756 e. The van der Waals surface area contributed by atoms with Gasteiger partial charge in [0.1, 0.15) is 13.2 Å². The standard InChI is InChI=1S/C68H135N2O6P/c1-6-8-10-12-14-16-18-20-22-24-26-27-28-29-30-31-32-33-34-35-36-37-38-39-40-41-42-43-44-46-48-50-52-54-56-58-60-62-68(72)69-66(65-76-77(73,74)75-64-63-70(3,4)5)67(71)61-59-57-55-53-51-49-47-45-25-23-21-19-17-15-13-11-9-7-2/h51,53,59,61,66-67,71H,6-50,52,54-58,60,62-65H2,1-5H3,(H-,69,72,73,74)/b53-51+,61-59+. The van der Waals surface area contributed by atoms with Crippen LogP contribution in [0.4, 0.5) is 0 Å². The Morgan fingerprint density at radius 3 is 1.05 bits per heavy atom. The normalized spacial score (nSPS) is 13.8. The lowest BCUT2D eigenvalue weighted by molar-refractivity contribution is -0.870. The molecule has 0 heterocycles. The fourth-order valence-electron chi connectivity index (χ4n) is 10.6. The zero-order chi connectivity index (χ0) is 56.3. The van der Waals surface area contributed by atoms with Crippen LogP contribution in [0.2, 0.25) is 0 Å². The van der Waals surface area contributed by atoms with E-state index < -0.39 is 20.0 Å². The van der Waals surface area contributed by atoms with Crippen LogP contribution in [0.15, 0.2) is 24.3 Å². The van der Waals surface area contributed by atoms with Gasteiger partial charge in [-0.1, -0.05) is 340 Å². The van der Waals surface area contributed by atoms with Crippen molar-refractivity contribution in [1.29, 1.82) is 0 Å². The Morgan fingerprint density at radius 1 is 0.442 bits per heavy atom. The van der Waals surface area contributed by atoms with Crippen molar-refractivity contribution in [3.8, 4) is 0 Å². The van der Waals surface area contributed by atoms with E-state index in [1.807, 2.05) is 27.2 Å². The maximum Gasteiger partial charge on any atom is 0.268 e. The molecule has 0 aliphatic carbocycles. The van der Waals surface area contributed by atoms with Crippen LogP contribution >= 0.6 is 7.82 Å². The van der Waals surface area contributed by atoms with Crippen molar-refractivity contribution >= 4 is 13.7 Å². The molecule has 0 aromatic carbocycles. The second-order valence-corrected chi connectivity index (χ2v) is 26.3. The summed E-state index contributed by atoms with van der Waals surface area (Å²) < 4.78 is 23.4. The average Bonchev–Trinajstić information content (AvgIpc) is 3.39. The van der Waals surface area contributed by atoms with E-state index in [0.29, 0.717) is 17.4 Å². The second-order valence-electron chi connectivity index (χ2n) is 24.9. The number of hydrogen-bond acceptors (Lipinski definition) is 6. The number of aliphatic hydroxyl groups is 1. The van der Waals surface area contributed by atoms with E-state index in [9.17, 15) is 19.4 Å². The lowest BCUT2D eigenvalue weighted by Gasteiger charge is -2.29. The number of amides is 1. The van der Waals surface area contributed by atoms with Crippen LogP contribution in [0.5, 0.6) is 0 Å². The van der Waals surface area contributed by atoms with Gasteiger partial charge in [0.15, 0.2) is 0 Å². The van der Waals surface area contributed by atoms with Crippen LogP contribution in [0.1, 0.15) is 354 Å². The van der Waals surface area contributed by atoms with Gasteiger partial charge in [0.05, 0.1) is 39.9 Å². The highest BCUT2D eigenvalue weighted by Gasteiger charge is 2.23. The zero-order valence-corrected chi connectivity index (χ0v) is 53.3. The smallest absolute Gasteiger partial charge is 0.268 e. The van der Waals surface area contributed by atoms with Crippen molar-refractivity contribution in [1.82, 2.24) is 5.32 Å². The van der Waals surface area contributed by atoms with Crippen molar-refractivity contribution in [2.45, 2.75) is 366 Å². The highest BCUT2D eigenvalue weighted by molar-refractivity contribution is 7.45. The molecule has 0 saturated heterocycles. The molecule has 0 aromatic rings. The number of nitrogens with zero attached hydrogens (tertiary/aromatic N) is 1. The Morgan fingerprint density at radius 2 is 0.727 bits per heavy atom. The zero-order valence-electron chi connectivity index (χ0n) is 52.4. The number of nitrogens with one attached hydrogen (secondary N) is 1. The van der Waals surface area contributed by atoms with Crippen molar-refractivity contribution in [3.05, 3.63) is 24.3 Å². The molecule has 458 valence electrons. The van der Waals surface area contributed by atoms with E-state index in [4.69, 9.17) is 9.05 Å². The van der Waals surface area contributed by atoms with Gasteiger partial charge in [0.25, 0.3) is 7.82 Å². The highest BCUT2D eigenvalue weighted by atomic mass is 31.2. The molecule has 0 saturated carbocycles. The molecule has 0 aliphatic rings. The van der Waals surface area contributed by atoms with Gasteiger partial charge in [-0.3, -0.25) is 9.36 Å². The maximum absolute atomic E-state index is 13.0. The predicted molar refractivity (Wildman–Crippen MR) is 335 cm³/mol. The lowest BCUT2D eigenvalue weighted by atomic mass is 10.0. The number of rotatable bonds is 64. The van der Waals surface area contributed by atoms with Crippen LogP contribution in [-0.4, -0.2) is 68.5 Å². The van der Waals surface area contributed by atoms with E-state index in [1.54, 1.807) is 6.08 Å². The molecule has 9 heteroatoms. The fraction of sp³-hybridized carbons (Fsp3) is 0.926. The molecular weight excluding hydrogens is 972 g/mol. The summed E-state index contributed by atoms with van der Waals surface area (Å²) in [5.41, 5.74) is 0. The Bertz CT molecular complexity index is 1300. The highest BCUT2D eigenvalue weighted by Crippen LogP contribution is 2.38. The quantitative estimate of drug-likeness (QED) is 0.0272. The van der Waals surface area contributed by atoms with Gasteiger partial charge in [-0.05, 0) is 32.1 Å². The number of unbranched alkanes of at least 4 members (excludes halogenated alkanes) is 49. The average molecular weight is 1110 g/mol. The van der Waals surface area contributed by atoms with Gasteiger partial charge < -0.3 is 28.8 Å². The predicted octanol–water partition coefficient (Wildman–Crippen LogP) is 20.9. The first-order valence-corrected chi connectivity index (χ1v) is 35.7. The second kappa shape index (κ2) is 59.6. The molecule has 8 nitrogen and oxygen atoms in total. The number of phosphoric acid groups is 1. The number of carbonyl (C=O) groups is 1. The Kier molecular flexibility index (Phi) is 58.8. The molecule has 0 rings (SSSR count). The third kappa shape index (κ3) is 62.4. The minimum absolute atomic E-state index is 0.00361. The first kappa shape index (κ1) is 76.0. The Balaban J connectivity index is 3.94. The summed E-state index contributed by atoms with van der Waals surface area (Å²) >= 11 is 0. The third-order valence-corrected chi connectivity index (χ3v) is 16.9. The summed E-state index contributed by atoms with van der Waals surface area (Å²) in [4.78, 5) is 25.6. The topological polar surface area (TPSA) is 108 Å². The largest absolute Gasteiger partial charge is 0.756 e. The van der Waals surface area contributed by atoms with Gasteiger partial charge in [-0.2, -0.15) is 0 Å². The number of hydrogen-bond donors (Lipinski definition) is 2. The molecule has 0 aliphatic heterocycles. The van der Waals surface area contributed by atoms with Crippen LogP contribution in [-0.2, 0) is 18.4 Å². The van der Waals surface area contributed by atoms with E-state index in [0.717, 1.165) is 38.5 Å². The van der Waals surface area contributed by atoms with Gasteiger partial charge in [-0.25, -0.2) is 0 Å². The van der Waals surface area contributed by atoms with Gasteiger partial charge in [0, 0.05) is 6.42 Å².